The Kier molecular flexibility index (Phi) is 7.87. The molecular weight excluding hydrogens is 400 g/mol. The lowest BCUT2D eigenvalue weighted by Gasteiger charge is -2.21. The smallest absolute Gasteiger partial charge is 0.234 e. The van der Waals surface area contributed by atoms with Crippen molar-refractivity contribution in [2.24, 2.45) is 0 Å². The fraction of sp³-hybridized carbons (Fsp3) is 0.435. The third-order valence-electron chi connectivity index (χ3n) is 5.02. The topological polar surface area (TPSA) is 75.7 Å². The van der Waals surface area contributed by atoms with Crippen LogP contribution in [-0.4, -0.2) is 51.2 Å². The average molecular weight is 431 g/mol. The number of rotatable bonds is 12. The Morgan fingerprint density at radius 1 is 1.03 bits per heavy atom. The SMILES string of the molecule is CS(=O)(=O)NC(=O)CCN(CCCOc1ccc(Cc2ccccc2)cc1)C1CC1. The van der Waals surface area contributed by atoms with Crippen LogP contribution in [0, 0.1) is 0 Å². The van der Waals surface area contributed by atoms with Gasteiger partial charge >= 0.3 is 0 Å². The van der Waals surface area contributed by atoms with Gasteiger partial charge < -0.3 is 4.74 Å². The highest BCUT2D eigenvalue weighted by Crippen LogP contribution is 2.27. The van der Waals surface area contributed by atoms with E-state index in [-0.39, 0.29) is 6.42 Å². The predicted octanol–water partition coefficient (Wildman–Crippen LogP) is 2.98. The molecule has 1 aliphatic rings. The van der Waals surface area contributed by atoms with Crippen molar-refractivity contribution < 1.29 is 17.9 Å². The van der Waals surface area contributed by atoms with E-state index in [0.717, 1.165) is 44.2 Å². The van der Waals surface area contributed by atoms with Crippen LogP contribution in [0.2, 0.25) is 0 Å². The molecule has 7 heteroatoms. The maximum atomic E-state index is 11.7. The zero-order valence-corrected chi connectivity index (χ0v) is 18.2. The van der Waals surface area contributed by atoms with Gasteiger partial charge in [0.05, 0.1) is 12.9 Å². The van der Waals surface area contributed by atoms with Crippen LogP contribution >= 0.6 is 0 Å². The Balaban J connectivity index is 1.37. The van der Waals surface area contributed by atoms with Gasteiger partial charge in [0.2, 0.25) is 15.9 Å². The Labute approximate surface area is 179 Å². The second-order valence-electron chi connectivity index (χ2n) is 7.82. The van der Waals surface area contributed by atoms with Gasteiger partial charge in [0.15, 0.2) is 0 Å². The molecule has 162 valence electrons. The van der Waals surface area contributed by atoms with E-state index in [1.54, 1.807) is 0 Å². The molecule has 30 heavy (non-hydrogen) atoms. The van der Waals surface area contributed by atoms with E-state index in [1.807, 2.05) is 22.9 Å². The van der Waals surface area contributed by atoms with Crippen LogP contribution in [0.4, 0.5) is 0 Å². The summed E-state index contributed by atoms with van der Waals surface area (Å²) in [6, 6.07) is 19.1. The fourth-order valence-electron chi connectivity index (χ4n) is 3.41. The number of benzene rings is 2. The highest BCUT2D eigenvalue weighted by molar-refractivity contribution is 7.89. The molecule has 1 aliphatic carbocycles. The van der Waals surface area contributed by atoms with Gasteiger partial charge in [-0.05, 0) is 48.9 Å². The molecule has 6 nitrogen and oxygen atoms in total. The molecule has 2 aromatic rings. The third-order valence-corrected chi connectivity index (χ3v) is 5.62. The highest BCUT2D eigenvalue weighted by Gasteiger charge is 2.28. The lowest BCUT2D eigenvalue weighted by atomic mass is 10.1. The molecule has 0 heterocycles. The van der Waals surface area contributed by atoms with Gasteiger partial charge in [0.25, 0.3) is 0 Å². The first-order valence-electron chi connectivity index (χ1n) is 10.4. The first-order valence-corrected chi connectivity index (χ1v) is 12.3. The van der Waals surface area contributed by atoms with Gasteiger partial charge in [-0.1, -0.05) is 42.5 Å². The minimum Gasteiger partial charge on any atom is -0.494 e. The quantitative estimate of drug-likeness (QED) is 0.524. The summed E-state index contributed by atoms with van der Waals surface area (Å²) in [6.45, 7) is 2.01. The molecule has 0 bridgehead atoms. The number of hydrogen-bond donors (Lipinski definition) is 1. The number of amides is 1. The van der Waals surface area contributed by atoms with Crippen LogP contribution < -0.4 is 9.46 Å². The normalized spacial score (nSPS) is 13.9. The Morgan fingerprint density at radius 2 is 1.70 bits per heavy atom. The summed E-state index contributed by atoms with van der Waals surface area (Å²) in [4.78, 5) is 14.0. The van der Waals surface area contributed by atoms with Crippen molar-refractivity contribution in [3.05, 3.63) is 65.7 Å². The van der Waals surface area contributed by atoms with E-state index in [4.69, 9.17) is 4.74 Å². The molecule has 0 aromatic heterocycles. The van der Waals surface area contributed by atoms with Crippen LogP contribution in [0.5, 0.6) is 5.75 Å². The summed E-state index contributed by atoms with van der Waals surface area (Å²) >= 11 is 0. The first kappa shape index (κ1) is 22.3. The number of hydrogen-bond acceptors (Lipinski definition) is 5. The Bertz CT molecular complexity index is 910. The van der Waals surface area contributed by atoms with Crippen molar-refractivity contribution in [2.45, 2.75) is 38.1 Å². The van der Waals surface area contributed by atoms with E-state index in [1.165, 1.54) is 11.1 Å². The Morgan fingerprint density at radius 3 is 2.33 bits per heavy atom. The van der Waals surface area contributed by atoms with Crippen LogP contribution in [0.3, 0.4) is 0 Å². The average Bonchev–Trinajstić information content (AvgIpc) is 3.53. The summed E-state index contributed by atoms with van der Waals surface area (Å²) in [5.74, 6) is 0.410. The van der Waals surface area contributed by atoms with Crippen molar-refractivity contribution in [3.63, 3.8) is 0 Å². The molecule has 0 radical (unpaired) electrons. The number of carbonyl (C=O) groups excluding carboxylic acids is 1. The highest BCUT2D eigenvalue weighted by atomic mass is 32.2. The van der Waals surface area contributed by atoms with E-state index in [9.17, 15) is 13.2 Å². The summed E-state index contributed by atoms with van der Waals surface area (Å²) < 4.78 is 30.1. The van der Waals surface area contributed by atoms with Crippen LogP contribution in [0.25, 0.3) is 0 Å². The molecule has 0 spiro atoms. The number of sulfonamides is 1. The standard InChI is InChI=1S/C23H30N2O4S/c1-30(27,28)24-23(26)14-16-25(21-10-11-21)15-5-17-29-22-12-8-20(9-13-22)18-19-6-3-2-4-7-19/h2-4,6-9,12-13,21H,5,10-11,14-18H2,1H3,(H,24,26). The molecule has 1 saturated carbocycles. The van der Waals surface area contributed by atoms with Gasteiger partial charge in [0, 0.05) is 25.6 Å². The molecule has 1 N–H and O–H groups in total. The minimum absolute atomic E-state index is 0.188. The monoisotopic (exact) mass is 430 g/mol. The first-order chi connectivity index (χ1) is 14.4. The fourth-order valence-corrected chi connectivity index (χ4v) is 3.93. The lowest BCUT2D eigenvalue weighted by Crippen LogP contribution is -2.35. The van der Waals surface area contributed by atoms with E-state index in [0.29, 0.717) is 19.2 Å². The van der Waals surface area contributed by atoms with Gasteiger partial charge in [-0.25, -0.2) is 8.42 Å². The van der Waals surface area contributed by atoms with Gasteiger partial charge in [-0.3, -0.25) is 14.4 Å². The molecule has 3 rings (SSSR count). The number of carbonyl (C=O) groups is 1. The zero-order chi connectivity index (χ0) is 21.4. The summed E-state index contributed by atoms with van der Waals surface area (Å²) in [6.07, 6.45) is 5.22. The van der Waals surface area contributed by atoms with Crippen LogP contribution in [0.15, 0.2) is 54.6 Å². The van der Waals surface area contributed by atoms with Crippen LogP contribution in [-0.2, 0) is 21.2 Å². The Hall–Kier alpha value is -2.38. The maximum Gasteiger partial charge on any atom is 0.234 e. The van der Waals surface area contributed by atoms with Crippen molar-refractivity contribution >= 4 is 15.9 Å². The van der Waals surface area contributed by atoms with Crippen molar-refractivity contribution in [1.29, 1.82) is 0 Å². The van der Waals surface area contributed by atoms with E-state index in [2.05, 4.69) is 41.3 Å². The molecule has 0 unspecified atom stereocenters. The molecular formula is C23H30N2O4S. The van der Waals surface area contributed by atoms with Crippen molar-refractivity contribution in [3.8, 4) is 5.75 Å². The van der Waals surface area contributed by atoms with E-state index < -0.39 is 15.9 Å². The number of nitrogens with zero attached hydrogens (tertiary/aromatic N) is 1. The number of ether oxygens (including phenoxy) is 1. The molecule has 0 atom stereocenters. The van der Waals surface area contributed by atoms with Crippen LogP contribution in [0.1, 0.15) is 36.8 Å². The summed E-state index contributed by atoms with van der Waals surface area (Å²) in [7, 11) is -3.49. The van der Waals surface area contributed by atoms with Gasteiger partial charge in [-0.15, -0.1) is 0 Å². The predicted molar refractivity (Wildman–Crippen MR) is 118 cm³/mol. The van der Waals surface area contributed by atoms with E-state index >= 15 is 0 Å². The molecule has 0 aliphatic heterocycles. The zero-order valence-electron chi connectivity index (χ0n) is 17.4. The second kappa shape index (κ2) is 10.6. The molecule has 0 saturated heterocycles. The maximum absolute atomic E-state index is 11.7. The molecule has 1 fully saturated rings. The molecule has 2 aromatic carbocycles. The summed E-state index contributed by atoms with van der Waals surface area (Å²) in [5.41, 5.74) is 2.54. The lowest BCUT2D eigenvalue weighted by molar-refractivity contribution is -0.119. The van der Waals surface area contributed by atoms with Gasteiger partial charge in [-0.2, -0.15) is 0 Å². The van der Waals surface area contributed by atoms with Crippen molar-refractivity contribution in [2.75, 3.05) is 26.0 Å². The second-order valence-corrected chi connectivity index (χ2v) is 9.57. The number of nitrogens with one attached hydrogen (secondary N) is 1. The summed E-state index contributed by atoms with van der Waals surface area (Å²) in [5, 5.41) is 0. The van der Waals surface area contributed by atoms with Gasteiger partial charge in [0.1, 0.15) is 5.75 Å². The molecule has 1 amide bonds. The largest absolute Gasteiger partial charge is 0.494 e. The third kappa shape index (κ3) is 8.16. The minimum atomic E-state index is -3.49. The van der Waals surface area contributed by atoms with Crippen molar-refractivity contribution in [1.82, 2.24) is 9.62 Å².